The second kappa shape index (κ2) is 8.80. The molecule has 1 aliphatic rings. The number of hydrogen-bond donors (Lipinski definition) is 4. The molecule has 30 heavy (non-hydrogen) atoms. The Hall–Kier alpha value is -2.98. The highest BCUT2D eigenvalue weighted by Crippen LogP contribution is 2.31. The molecule has 0 amide bonds. The number of nitrogens with two attached hydrogens (primary N) is 2. The quantitative estimate of drug-likeness (QED) is 0.422. The van der Waals surface area contributed by atoms with Gasteiger partial charge in [0.25, 0.3) is 0 Å². The van der Waals surface area contributed by atoms with Crippen LogP contribution < -0.4 is 11.5 Å². The van der Waals surface area contributed by atoms with Crippen molar-refractivity contribution < 1.29 is 17.9 Å². The minimum atomic E-state index is -4.85. The van der Waals surface area contributed by atoms with Crippen molar-refractivity contribution in [1.82, 2.24) is 9.88 Å². The second-order valence-electron chi connectivity index (χ2n) is 6.93. The molecule has 2 aromatic rings. The number of alkyl halides is 3. The number of nitrogen functional groups attached to an aromatic ring is 1. The van der Waals surface area contributed by atoms with E-state index in [0.29, 0.717) is 53.9 Å². The zero-order valence-corrected chi connectivity index (χ0v) is 16.2. The maximum atomic E-state index is 13.1. The van der Waals surface area contributed by atoms with E-state index in [0.717, 1.165) is 25.5 Å². The number of ether oxygens (including phenoxy) is 1. The number of nitrogens with one attached hydrogen (secondary N) is 2. The number of halogens is 3. The topological polar surface area (TPSA) is 125 Å². The number of pyridine rings is 1. The molecule has 10 heteroatoms. The van der Waals surface area contributed by atoms with Crippen molar-refractivity contribution in [3.8, 4) is 0 Å². The van der Waals surface area contributed by atoms with Gasteiger partial charge >= 0.3 is 6.18 Å². The van der Waals surface area contributed by atoms with Gasteiger partial charge in [0.15, 0.2) is 0 Å². The summed E-state index contributed by atoms with van der Waals surface area (Å²) in [6, 6.07) is 4.67. The van der Waals surface area contributed by atoms with Crippen LogP contribution in [0.2, 0.25) is 0 Å². The molecule has 0 unspecified atom stereocenters. The van der Waals surface area contributed by atoms with Crippen LogP contribution in [0.4, 0.5) is 18.9 Å². The summed E-state index contributed by atoms with van der Waals surface area (Å²) in [5, 5.41) is 15.9. The molecule has 1 fully saturated rings. The summed E-state index contributed by atoms with van der Waals surface area (Å²) >= 11 is 0. The number of morpholine rings is 1. The molecule has 1 aromatic heterocycles. The lowest BCUT2D eigenvalue weighted by molar-refractivity contribution is -0.0578. The first kappa shape index (κ1) is 21.7. The number of nitrogens with zero attached hydrogens (tertiary/aromatic N) is 2. The van der Waals surface area contributed by atoms with Gasteiger partial charge in [0.05, 0.1) is 24.4 Å². The van der Waals surface area contributed by atoms with Crippen molar-refractivity contribution in [2.24, 2.45) is 5.73 Å². The van der Waals surface area contributed by atoms with Crippen molar-refractivity contribution in [1.29, 1.82) is 10.8 Å². The Morgan fingerprint density at radius 2 is 1.97 bits per heavy atom. The van der Waals surface area contributed by atoms with Crippen molar-refractivity contribution in [3.63, 3.8) is 0 Å². The van der Waals surface area contributed by atoms with Crippen LogP contribution in [0.1, 0.15) is 16.8 Å². The minimum Gasteiger partial charge on any atom is -0.404 e. The maximum absolute atomic E-state index is 13.1. The molecule has 0 aliphatic carbocycles. The molecule has 2 heterocycles. The number of anilines is 1. The first-order valence-electron chi connectivity index (χ1n) is 9.37. The van der Waals surface area contributed by atoms with Crippen LogP contribution in [0.5, 0.6) is 0 Å². The van der Waals surface area contributed by atoms with E-state index < -0.39 is 17.5 Å². The average Bonchev–Trinajstić information content (AvgIpc) is 2.72. The summed E-state index contributed by atoms with van der Waals surface area (Å²) in [5.74, 6) is 0. The monoisotopic (exact) mass is 420 g/mol. The summed E-state index contributed by atoms with van der Waals surface area (Å²) in [4.78, 5) is 6.50. The largest absolute Gasteiger partial charge is 0.433 e. The van der Waals surface area contributed by atoms with Crippen LogP contribution >= 0.6 is 0 Å². The fourth-order valence-electron chi connectivity index (χ4n) is 3.50. The predicted octanol–water partition coefficient (Wildman–Crippen LogP) is 2.57. The normalized spacial score (nSPS) is 16.0. The standard InChI is InChI=1S/C20H23F3N6O/c21-20(22,23)19(27)14(11-25)17-9-12(3-4-29-5-7-30-8-6-29)18-13(10-24)15(26)1-2-16(18)28-17/h1-2,9-11,24,27H,3-8,25-26H2/b14-11-,24-10?,27-19?. The highest BCUT2D eigenvalue weighted by Gasteiger charge is 2.37. The van der Waals surface area contributed by atoms with Crippen LogP contribution in [0.3, 0.4) is 0 Å². The van der Waals surface area contributed by atoms with E-state index in [1.807, 2.05) is 0 Å². The van der Waals surface area contributed by atoms with E-state index in [1.54, 1.807) is 12.1 Å². The third-order valence-electron chi connectivity index (χ3n) is 5.07. The van der Waals surface area contributed by atoms with Crippen molar-refractivity contribution in [2.75, 3.05) is 38.6 Å². The Morgan fingerprint density at radius 3 is 2.57 bits per heavy atom. The highest BCUT2D eigenvalue weighted by molar-refractivity contribution is 6.24. The van der Waals surface area contributed by atoms with Gasteiger partial charge in [-0.15, -0.1) is 0 Å². The smallest absolute Gasteiger partial charge is 0.404 e. The van der Waals surface area contributed by atoms with Gasteiger partial charge in [0.2, 0.25) is 0 Å². The lowest BCUT2D eigenvalue weighted by Gasteiger charge is -2.27. The third-order valence-corrected chi connectivity index (χ3v) is 5.07. The molecule has 1 aromatic carbocycles. The number of aromatic nitrogens is 1. The molecule has 1 aliphatic heterocycles. The van der Waals surface area contributed by atoms with Gasteiger partial charge in [-0.2, -0.15) is 13.2 Å². The zero-order valence-electron chi connectivity index (χ0n) is 16.2. The molecule has 160 valence electrons. The Kier molecular flexibility index (Phi) is 6.37. The first-order chi connectivity index (χ1) is 14.3. The fraction of sp³-hybridized carbons (Fsp3) is 0.350. The molecule has 1 saturated heterocycles. The molecule has 6 N–H and O–H groups in total. The summed E-state index contributed by atoms with van der Waals surface area (Å²) in [6.07, 6.45) is -2.47. The SMILES string of the molecule is N=Cc1c(N)ccc2nc(/C(=C/N)C(=N)C(F)(F)F)cc(CCN3CCOCC3)c12. The summed E-state index contributed by atoms with van der Waals surface area (Å²) < 4.78 is 44.8. The zero-order chi connectivity index (χ0) is 21.9. The van der Waals surface area contributed by atoms with E-state index in [2.05, 4.69) is 9.88 Å². The summed E-state index contributed by atoms with van der Waals surface area (Å²) in [5.41, 5.74) is 11.3. The van der Waals surface area contributed by atoms with Crippen LogP contribution in [0.15, 0.2) is 24.4 Å². The van der Waals surface area contributed by atoms with Crippen LogP contribution in [0, 0.1) is 10.8 Å². The number of hydrogen-bond acceptors (Lipinski definition) is 7. The lowest BCUT2D eigenvalue weighted by Crippen LogP contribution is -2.37. The number of allylic oxidation sites excluding steroid dienone is 1. The van der Waals surface area contributed by atoms with Gasteiger partial charge in [-0.05, 0) is 30.2 Å². The molecule has 0 saturated carbocycles. The number of rotatable bonds is 6. The van der Waals surface area contributed by atoms with E-state index in [1.165, 1.54) is 6.07 Å². The van der Waals surface area contributed by atoms with Crippen molar-refractivity contribution in [2.45, 2.75) is 12.6 Å². The van der Waals surface area contributed by atoms with Gasteiger partial charge in [-0.25, -0.2) is 4.98 Å². The molecule has 0 bridgehead atoms. The van der Waals surface area contributed by atoms with Crippen molar-refractivity contribution in [3.05, 3.63) is 41.2 Å². The first-order valence-corrected chi connectivity index (χ1v) is 9.37. The summed E-state index contributed by atoms with van der Waals surface area (Å²) in [7, 11) is 0. The molecule has 3 rings (SSSR count). The second-order valence-corrected chi connectivity index (χ2v) is 6.93. The van der Waals surface area contributed by atoms with Crippen LogP contribution in [-0.2, 0) is 11.2 Å². The molecular formula is C20H23F3N6O. The van der Waals surface area contributed by atoms with Gasteiger partial charge in [-0.1, -0.05) is 0 Å². The Labute approximate surface area is 171 Å². The molecular weight excluding hydrogens is 397 g/mol. The number of fused-ring (bicyclic) bond motifs is 1. The van der Waals surface area contributed by atoms with E-state index in [-0.39, 0.29) is 5.69 Å². The fourth-order valence-corrected chi connectivity index (χ4v) is 3.50. The lowest BCUT2D eigenvalue weighted by atomic mass is 9.96. The Balaban J connectivity index is 2.10. The molecule has 0 radical (unpaired) electrons. The molecule has 0 spiro atoms. The Bertz CT molecular complexity index is 996. The van der Waals surface area contributed by atoms with E-state index in [4.69, 9.17) is 27.0 Å². The average molecular weight is 420 g/mol. The third kappa shape index (κ3) is 4.44. The Morgan fingerprint density at radius 1 is 1.27 bits per heavy atom. The summed E-state index contributed by atoms with van der Waals surface area (Å²) in [6.45, 7) is 3.45. The van der Waals surface area contributed by atoms with E-state index >= 15 is 0 Å². The molecule has 0 atom stereocenters. The van der Waals surface area contributed by atoms with Gasteiger partial charge in [0, 0.05) is 54.3 Å². The highest BCUT2D eigenvalue weighted by atomic mass is 19.4. The van der Waals surface area contributed by atoms with E-state index in [9.17, 15) is 13.2 Å². The molecule has 7 nitrogen and oxygen atoms in total. The van der Waals surface area contributed by atoms with Gasteiger partial charge in [-0.3, -0.25) is 10.3 Å². The van der Waals surface area contributed by atoms with Crippen LogP contribution in [-0.4, -0.2) is 60.8 Å². The van der Waals surface area contributed by atoms with Crippen LogP contribution in [0.25, 0.3) is 16.5 Å². The van der Waals surface area contributed by atoms with Crippen molar-refractivity contribution >= 4 is 34.1 Å². The maximum Gasteiger partial charge on any atom is 0.433 e. The van der Waals surface area contributed by atoms with Gasteiger partial charge in [0.1, 0.15) is 5.71 Å². The minimum absolute atomic E-state index is 0.0370. The van der Waals surface area contributed by atoms with Gasteiger partial charge < -0.3 is 21.6 Å². The number of benzene rings is 1. The predicted molar refractivity (Wildman–Crippen MR) is 111 cm³/mol.